The summed E-state index contributed by atoms with van der Waals surface area (Å²) in [5, 5.41) is 2.93. The lowest BCUT2D eigenvalue weighted by molar-refractivity contribution is -0.120. The highest BCUT2D eigenvalue weighted by molar-refractivity contribution is 5.81. The van der Waals surface area contributed by atoms with Crippen LogP contribution in [0.25, 0.3) is 0 Å². The number of anilines is 1. The Morgan fingerprint density at radius 1 is 1.48 bits per heavy atom. The molecule has 1 aliphatic carbocycles. The van der Waals surface area contributed by atoms with Gasteiger partial charge in [-0.3, -0.25) is 4.79 Å². The number of carbonyl (C=O) groups is 1. The van der Waals surface area contributed by atoms with Crippen LogP contribution < -0.4 is 16.0 Å². The fourth-order valence-electron chi connectivity index (χ4n) is 2.81. The van der Waals surface area contributed by atoms with Crippen molar-refractivity contribution in [2.45, 2.75) is 52.6 Å². The standard InChI is InChI=1S/C16H26N4O/c1-4-20(10-15(21)18-11(2)3)16-13(9-17)8-12-6-5-7-14(12)19-16/h8,11H,4-7,9-10,17H2,1-3H3,(H,18,21). The Bertz CT molecular complexity index is 513. The van der Waals surface area contributed by atoms with Crippen molar-refractivity contribution in [1.82, 2.24) is 10.3 Å². The number of rotatable bonds is 6. The van der Waals surface area contributed by atoms with Crippen LogP contribution in [0, 0.1) is 0 Å². The monoisotopic (exact) mass is 290 g/mol. The van der Waals surface area contributed by atoms with Crippen LogP contribution >= 0.6 is 0 Å². The lowest BCUT2D eigenvalue weighted by Crippen LogP contribution is -2.41. The highest BCUT2D eigenvalue weighted by atomic mass is 16.2. The second-order valence-corrected chi connectivity index (χ2v) is 5.87. The second kappa shape index (κ2) is 6.89. The van der Waals surface area contributed by atoms with E-state index in [-0.39, 0.29) is 11.9 Å². The zero-order chi connectivity index (χ0) is 15.4. The van der Waals surface area contributed by atoms with Gasteiger partial charge in [-0.15, -0.1) is 0 Å². The predicted molar refractivity (Wildman–Crippen MR) is 85.3 cm³/mol. The number of aromatic nitrogens is 1. The fourth-order valence-corrected chi connectivity index (χ4v) is 2.81. The smallest absolute Gasteiger partial charge is 0.239 e. The van der Waals surface area contributed by atoms with Crippen molar-refractivity contribution in [3.8, 4) is 0 Å². The maximum Gasteiger partial charge on any atom is 0.239 e. The molecule has 0 radical (unpaired) electrons. The van der Waals surface area contributed by atoms with Gasteiger partial charge in [0.25, 0.3) is 0 Å². The van der Waals surface area contributed by atoms with Crippen LogP contribution in [0.4, 0.5) is 5.82 Å². The van der Waals surface area contributed by atoms with E-state index in [4.69, 9.17) is 10.7 Å². The largest absolute Gasteiger partial charge is 0.352 e. The van der Waals surface area contributed by atoms with Crippen LogP contribution in [-0.4, -0.2) is 30.0 Å². The Morgan fingerprint density at radius 2 is 2.24 bits per heavy atom. The minimum atomic E-state index is 0.0251. The van der Waals surface area contributed by atoms with Crippen molar-refractivity contribution in [1.29, 1.82) is 0 Å². The Kier molecular flexibility index (Phi) is 5.17. The Morgan fingerprint density at radius 3 is 2.86 bits per heavy atom. The summed E-state index contributed by atoms with van der Waals surface area (Å²) in [7, 11) is 0. The molecule has 1 heterocycles. The molecular formula is C16H26N4O. The molecular weight excluding hydrogens is 264 g/mol. The van der Waals surface area contributed by atoms with Crippen molar-refractivity contribution < 1.29 is 4.79 Å². The molecule has 5 heteroatoms. The molecule has 1 aliphatic rings. The van der Waals surface area contributed by atoms with E-state index < -0.39 is 0 Å². The molecule has 0 aromatic carbocycles. The summed E-state index contributed by atoms with van der Waals surface area (Å²) in [6, 6.07) is 2.33. The lowest BCUT2D eigenvalue weighted by atomic mass is 10.1. The summed E-state index contributed by atoms with van der Waals surface area (Å²) in [5.74, 6) is 0.900. The number of hydrogen-bond donors (Lipinski definition) is 2. The van der Waals surface area contributed by atoms with Gasteiger partial charge >= 0.3 is 0 Å². The number of hydrogen-bond acceptors (Lipinski definition) is 4. The Hall–Kier alpha value is -1.62. The lowest BCUT2D eigenvalue weighted by Gasteiger charge is -2.25. The highest BCUT2D eigenvalue weighted by Gasteiger charge is 2.20. The van der Waals surface area contributed by atoms with Gasteiger partial charge in [0.1, 0.15) is 5.82 Å². The first-order chi connectivity index (χ1) is 10.0. The summed E-state index contributed by atoms with van der Waals surface area (Å²) >= 11 is 0. The number of nitrogens with two attached hydrogens (primary N) is 1. The molecule has 0 aliphatic heterocycles. The molecule has 21 heavy (non-hydrogen) atoms. The molecule has 0 fully saturated rings. The first-order valence-corrected chi connectivity index (χ1v) is 7.81. The molecule has 0 atom stereocenters. The third-order valence-corrected chi connectivity index (χ3v) is 3.79. The average molecular weight is 290 g/mol. The average Bonchev–Trinajstić information content (AvgIpc) is 2.89. The van der Waals surface area contributed by atoms with Gasteiger partial charge in [0.15, 0.2) is 0 Å². The van der Waals surface area contributed by atoms with Gasteiger partial charge in [-0.1, -0.05) is 0 Å². The number of likely N-dealkylation sites (N-methyl/N-ethyl adjacent to an activating group) is 1. The van der Waals surface area contributed by atoms with Crippen molar-refractivity contribution in [2.75, 3.05) is 18.0 Å². The Balaban J connectivity index is 2.23. The molecule has 1 aromatic rings. The SMILES string of the molecule is CCN(CC(=O)NC(C)C)c1nc2c(cc1CN)CCC2. The minimum Gasteiger partial charge on any atom is -0.352 e. The molecule has 5 nitrogen and oxygen atoms in total. The molecule has 2 rings (SSSR count). The van der Waals surface area contributed by atoms with Crippen LogP contribution in [0.5, 0.6) is 0 Å². The van der Waals surface area contributed by atoms with Crippen molar-refractivity contribution >= 4 is 11.7 Å². The third-order valence-electron chi connectivity index (χ3n) is 3.79. The minimum absolute atomic E-state index is 0.0251. The summed E-state index contributed by atoms with van der Waals surface area (Å²) in [5.41, 5.74) is 9.41. The molecule has 0 saturated heterocycles. The molecule has 0 bridgehead atoms. The van der Waals surface area contributed by atoms with Crippen LogP contribution in [0.2, 0.25) is 0 Å². The van der Waals surface area contributed by atoms with E-state index >= 15 is 0 Å². The Labute approximate surface area is 126 Å². The van der Waals surface area contributed by atoms with E-state index in [1.54, 1.807) is 0 Å². The molecule has 1 amide bonds. The van der Waals surface area contributed by atoms with E-state index in [0.717, 1.165) is 37.2 Å². The number of nitrogens with one attached hydrogen (secondary N) is 1. The van der Waals surface area contributed by atoms with Crippen LogP contribution in [0.3, 0.4) is 0 Å². The van der Waals surface area contributed by atoms with Gasteiger partial charge in [0.2, 0.25) is 5.91 Å². The quantitative estimate of drug-likeness (QED) is 0.830. The van der Waals surface area contributed by atoms with Gasteiger partial charge in [0, 0.05) is 30.4 Å². The number of pyridine rings is 1. The number of carbonyl (C=O) groups excluding carboxylic acids is 1. The first kappa shape index (κ1) is 15.8. The van der Waals surface area contributed by atoms with E-state index in [1.165, 1.54) is 11.3 Å². The molecule has 0 spiro atoms. The molecule has 1 aromatic heterocycles. The maximum absolute atomic E-state index is 12.0. The van der Waals surface area contributed by atoms with E-state index in [9.17, 15) is 4.79 Å². The molecule has 0 unspecified atom stereocenters. The number of fused-ring (bicyclic) bond motifs is 1. The topological polar surface area (TPSA) is 71.2 Å². The predicted octanol–water partition coefficient (Wildman–Crippen LogP) is 1.38. The maximum atomic E-state index is 12.0. The van der Waals surface area contributed by atoms with E-state index in [1.807, 2.05) is 25.7 Å². The molecule has 0 saturated carbocycles. The fraction of sp³-hybridized carbons (Fsp3) is 0.625. The van der Waals surface area contributed by atoms with Crippen molar-refractivity contribution in [3.05, 3.63) is 22.9 Å². The van der Waals surface area contributed by atoms with Gasteiger partial charge in [-0.25, -0.2) is 4.98 Å². The second-order valence-electron chi connectivity index (χ2n) is 5.87. The summed E-state index contributed by atoms with van der Waals surface area (Å²) in [6.45, 7) is 7.49. The van der Waals surface area contributed by atoms with Crippen molar-refractivity contribution in [2.24, 2.45) is 5.73 Å². The van der Waals surface area contributed by atoms with Crippen molar-refractivity contribution in [3.63, 3.8) is 0 Å². The van der Waals surface area contributed by atoms with Gasteiger partial charge < -0.3 is 16.0 Å². The number of aryl methyl sites for hydroxylation is 2. The van der Waals surface area contributed by atoms with Crippen LogP contribution in [0.15, 0.2) is 6.07 Å². The van der Waals surface area contributed by atoms with Gasteiger partial charge in [-0.2, -0.15) is 0 Å². The molecule has 3 N–H and O–H groups in total. The highest BCUT2D eigenvalue weighted by Crippen LogP contribution is 2.27. The zero-order valence-electron chi connectivity index (χ0n) is 13.3. The summed E-state index contributed by atoms with van der Waals surface area (Å²) in [4.78, 5) is 18.8. The zero-order valence-corrected chi connectivity index (χ0v) is 13.3. The third kappa shape index (κ3) is 3.73. The number of amides is 1. The summed E-state index contributed by atoms with van der Waals surface area (Å²) < 4.78 is 0. The van der Waals surface area contributed by atoms with E-state index in [0.29, 0.717) is 13.1 Å². The van der Waals surface area contributed by atoms with E-state index in [2.05, 4.69) is 11.4 Å². The van der Waals surface area contributed by atoms with Crippen LogP contribution in [-0.2, 0) is 24.2 Å². The molecule has 116 valence electrons. The van der Waals surface area contributed by atoms with Crippen LogP contribution in [0.1, 0.15) is 44.0 Å². The normalized spacial score (nSPS) is 13.4. The van der Waals surface area contributed by atoms with Gasteiger partial charge in [0.05, 0.1) is 6.54 Å². The van der Waals surface area contributed by atoms with Gasteiger partial charge in [-0.05, 0) is 51.7 Å². The number of nitrogens with zero attached hydrogens (tertiary/aromatic N) is 2. The summed E-state index contributed by atoms with van der Waals surface area (Å²) in [6.07, 6.45) is 3.29. The first-order valence-electron chi connectivity index (χ1n) is 7.81.